The Morgan fingerprint density at radius 1 is 1.04 bits per heavy atom. The molecule has 0 aromatic heterocycles. The average molecular weight is 383 g/mol. The number of nitrogens with one attached hydrogen (secondary N) is 1. The van der Waals surface area contributed by atoms with Gasteiger partial charge in [-0.15, -0.1) is 0 Å². The number of halogens is 6. The van der Waals surface area contributed by atoms with E-state index >= 15 is 0 Å². The number of carboxylic acid groups (broad SMARTS) is 1. The van der Waals surface area contributed by atoms with E-state index in [9.17, 15) is 35.9 Å². The maximum Gasteiger partial charge on any atom is 0.416 e. The van der Waals surface area contributed by atoms with Crippen molar-refractivity contribution in [1.29, 1.82) is 0 Å². The summed E-state index contributed by atoms with van der Waals surface area (Å²) in [6.07, 6.45) is -8.92. The van der Waals surface area contributed by atoms with E-state index in [2.05, 4.69) is 0 Å². The molecule has 10 heteroatoms. The summed E-state index contributed by atoms with van der Waals surface area (Å²) in [7, 11) is 0. The topological polar surface area (TPSA) is 66.4 Å². The van der Waals surface area contributed by atoms with E-state index in [4.69, 9.17) is 5.11 Å². The first-order chi connectivity index (χ1) is 11.7. The zero-order chi connectivity index (χ0) is 20.3. The monoisotopic (exact) mass is 383 g/mol. The third-order valence-corrected chi connectivity index (χ3v) is 3.22. The lowest BCUT2D eigenvalue weighted by Crippen LogP contribution is -2.40. The van der Waals surface area contributed by atoms with Crippen LogP contribution in [-0.4, -0.2) is 23.0 Å². The summed E-state index contributed by atoms with van der Waals surface area (Å²) in [5.41, 5.74) is -3.53. The molecule has 0 fully saturated rings. The Hall–Kier alpha value is -2.52. The van der Waals surface area contributed by atoms with Crippen LogP contribution in [0.5, 0.6) is 0 Å². The smallest absolute Gasteiger partial charge is 0.416 e. The van der Waals surface area contributed by atoms with E-state index < -0.39 is 47.0 Å². The number of alkyl halides is 6. The number of hydrogen-bond donors (Lipinski definition) is 2. The SMILES string of the molecule is CC(C)=CC[C@H](NC(=O)c1cc(C(F)(F)F)cc(C(F)(F)F)c1)C(=O)O. The molecule has 0 unspecified atom stereocenters. The molecule has 1 amide bonds. The molecule has 0 spiro atoms. The molecule has 4 nitrogen and oxygen atoms in total. The van der Waals surface area contributed by atoms with E-state index in [0.29, 0.717) is 0 Å². The summed E-state index contributed by atoms with van der Waals surface area (Å²) in [5.74, 6) is -2.82. The second-order valence-electron chi connectivity index (χ2n) is 5.68. The minimum Gasteiger partial charge on any atom is -0.480 e. The van der Waals surface area contributed by atoms with Gasteiger partial charge in [0.25, 0.3) is 5.91 Å². The van der Waals surface area contributed by atoms with Crippen molar-refractivity contribution >= 4 is 11.9 Å². The molecule has 0 heterocycles. The van der Waals surface area contributed by atoms with Gasteiger partial charge in [-0.3, -0.25) is 4.79 Å². The second-order valence-corrected chi connectivity index (χ2v) is 5.68. The van der Waals surface area contributed by atoms with Crippen LogP contribution in [0.25, 0.3) is 0 Å². The molecule has 0 bridgehead atoms. The predicted molar refractivity (Wildman–Crippen MR) is 79.4 cm³/mol. The maximum absolute atomic E-state index is 12.8. The molecule has 1 rings (SSSR count). The van der Waals surface area contributed by atoms with E-state index in [1.807, 2.05) is 5.32 Å². The summed E-state index contributed by atoms with van der Waals surface area (Å²) in [5, 5.41) is 11.0. The number of carbonyl (C=O) groups excluding carboxylic acids is 1. The molecule has 1 atom stereocenters. The highest BCUT2D eigenvalue weighted by atomic mass is 19.4. The fourth-order valence-corrected chi connectivity index (χ4v) is 1.90. The Kier molecular flexibility index (Phi) is 6.45. The van der Waals surface area contributed by atoms with E-state index in [0.717, 1.165) is 5.57 Å². The Balaban J connectivity index is 3.25. The number of allylic oxidation sites excluding steroid dienone is 1. The van der Waals surface area contributed by atoms with Gasteiger partial charge in [0, 0.05) is 5.56 Å². The van der Waals surface area contributed by atoms with Gasteiger partial charge >= 0.3 is 18.3 Å². The maximum atomic E-state index is 12.8. The Morgan fingerprint density at radius 2 is 1.50 bits per heavy atom. The molecule has 0 aliphatic rings. The van der Waals surface area contributed by atoms with Crippen LogP contribution in [-0.2, 0) is 17.1 Å². The number of hydrogen-bond acceptors (Lipinski definition) is 2. The molecule has 0 radical (unpaired) electrons. The minimum atomic E-state index is -5.11. The quantitative estimate of drug-likeness (QED) is 0.590. The van der Waals surface area contributed by atoms with Crippen LogP contribution in [0, 0.1) is 0 Å². The number of amides is 1. The zero-order valence-electron chi connectivity index (χ0n) is 13.6. The fourth-order valence-electron chi connectivity index (χ4n) is 1.90. The lowest BCUT2D eigenvalue weighted by molar-refractivity contribution is -0.143. The average Bonchev–Trinajstić information content (AvgIpc) is 2.48. The molecule has 0 aliphatic carbocycles. The molecule has 1 aromatic rings. The van der Waals surface area contributed by atoms with Gasteiger partial charge < -0.3 is 10.4 Å². The predicted octanol–water partition coefficient (Wildman–Crippen LogP) is 4.26. The van der Waals surface area contributed by atoms with E-state index in [-0.39, 0.29) is 24.6 Å². The molecule has 0 saturated heterocycles. The van der Waals surface area contributed by atoms with Crippen LogP contribution in [0.3, 0.4) is 0 Å². The third kappa shape index (κ3) is 6.08. The van der Waals surface area contributed by atoms with Crippen molar-refractivity contribution in [2.24, 2.45) is 0 Å². The zero-order valence-corrected chi connectivity index (χ0v) is 13.6. The van der Waals surface area contributed by atoms with E-state index in [1.165, 1.54) is 6.08 Å². The molecule has 0 saturated carbocycles. The van der Waals surface area contributed by atoms with Crippen molar-refractivity contribution in [2.75, 3.05) is 0 Å². The molecule has 144 valence electrons. The summed E-state index contributed by atoms with van der Waals surface area (Å²) in [4.78, 5) is 23.2. The van der Waals surface area contributed by atoms with Crippen LogP contribution in [0.4, 0.5) is 26.3 Å². The molecular weight excluding hydrogens is 368 g/mol. The third-order valence-electron chi connectivity index (χ3n) is 3.22. The van der Waals surface area contributed by atoms with Gasteiger partial charge in [-0.05, 0) is 38.5 Å². The molecule has 26 heavy (non-hydrogen) atoms. The van der Waals surface area contributed by atoms with Crippen molar-refractivity contribution in [2.45, 2.75) is 38.7 Å². The van der Waals surface area contributed by atoms with Gasteiger partial charge in [0.2, 0.25) is 0 Å². The molecular formula is C16H15F6NO3. The van der Waals surface area contributed by atoms with Crippen LogP contribution >= 0.6 is 0 Å². The lowest BCUT2D eigenvalue weighted by atomic mass is 10.0. The second kappa shape index (κ2) is 7.79. The highest BCUT2D eigenvalue weighted by Gasteiger charge is 2.37. The molecule has 0 aliphatic heterocycles. The van der Waals surface area contributed by atoms with E-state index in [1.54, 1.807) is 13.8 Å². The van der Waals surface area contributed by atoms with Gasteiger partial charge in [-0.25, -0.2) is 4.79 Å². The first-order valence-corrected chi connectivity index (χ1v) is 7.18. The van der Waals surface area contributed by atoms with Crippen molar-refractivity contribution in [3.05, 3.63) is 46.5 Å². The number of benzene rings is 1. The van der Waals surface area contributed by atoms with Gasteiger partial charge in [-0.2, -0.15) is 26.3 Å². The summed E-state index contributed by atoms with van der Waals surface area (Å²) in [6.45, 7) is 3.31. The van der Waals surface area contributed by atoms with Crippen molar-refractivity contribution in [3.8, 4) is 0 Å². The largest absolute Gasteiger partial charge is 0.480 e. The molecule has 1 aromatic carbocycles. The molecule has 2 N–H and O–H groups in total. The van der Waals surface area contributed by atoms with Gasteiger partial charge in [-0.1, -0.05) is 11.6 Å². The Bertz CT molecular complexity index is 685. The highest BCUT2D eigenvalue weighted by molar-refractivity contribution is 5.97. The normalized spacial score (nSPS) is 13.1. The van der Waals surface area contributed by atoms with Crippen LogP contribution in [0.2, 0.25) is 0 Å². The Morgan fingerprint density at radius 3 is 1.85 bits per heavy atom. The van der Waals surface area contributed by atoms with Crippen molar-refractivity contribution < 1.29 is 41.0 Å². The number of aliphatic carboxylic acids is 1. The first-order valence-electron chi connectivity index (χ1n) is 7.18. The van der Waals surface area contributed by atoms with Crippen LogP contribution in [0.15, 0.2) is 29.8 Å². The summed E-state index contributed by atoms with van der Waals surface area (Å²) in [6, 6.07) is -1.13. The van der Waals surface area contributed by atoms with Crippen molar-refractivity contribution in [3.63, 3.8) is 0 Å². The van der Waals surface area contributed by atoms with Gasteiger partial charge in [0.05, 0.1) is 11.1 Å². The summed E-state index contributed by atoms with van der Waals surface area (Å²) < 4.78 is 76.8. The van der Waals surface area contributed by atoms with Crippen LogP contribution in [0.1, 0.15) is 41.8 Å². The summed E-state index contributed by atoms with van der Waals surface area (Å²) >= 11 is 0. The van der Waals surface area contributed by atoms with Gasteiger partial charge in [0.1, 0.15) is 6.04 Å². The lowest BCUT2D eigenvalue weighted by Gasteiger charge is -2.16. The minimum absolute atomic E-state index is 0.116. The fraction of sp³-hybridized carbons (Fsp3) is 0.375. The number of carbonyl (C=O) groups is 2. The van der Waals surface area contributed by atoms with Gasteiger partial charge in [0.15, 0.2) is 0 Å². The first kappa shape index (κ1) is 21.5. The van der Waals surface area contributed by atoms with Crippen LogP contribution < -0.4 is 5.32 Å². The number of carboxylic acids is 1. The highest BCUT2D eigenvalue weighted by Crippen LogP contribution is 2.36. The van der Waals surface area contributed by atoms with Crippen molar-refractivity contribution in [1.82, 2.24) is 5.32 Å². The standard InChI is InChI=1S/C16H15F6NO3/c1-8(2)3-4-12(14(25)26)23-13(24)9-5-10(15(17,18)19)7-11(6-9)16(20,21)22/h3,5-7,12H,4H2,1-2H3,(H,23,24)(H,25,26)/t12-/m0/s1. The Labute approximate surface area is 144 Å². The number of rotatable bonds is 5.